The van der Waals surface area contributed by atoms with Crippen LogP contribution < -0.4 is 10.2 Å². The lowest BCUT2D eigenvalue weighted by molar-refractivity contribution is -0.134. The molecule has 24 heavy (non-hydrogen) atoms. The Hall–Kier alpha value is -2.08. The first kappa shape index (κ1) is 20.0. The molecule has 0 saturated heterocycles. The predicted molar refractivity (Wildman–Crippen MR) is 88.9 cm³/mol. The Labute approximate surface area is 142 Å². The number of benzene rings is 1. The Kier molecular flexibility index (Phi) is 7.22. The van der Waals surface area contributed by atoms with E-state index in [1.54, 1.807) is 20.8 Å². The number of hydroxylamine groups is 1. The summed E-state index contributed by atoms with van der Waals surface area (Å²) >= 11 is 0. The van der Waals surface area contributed by atoms with Crippen molar-refractivity contribution in [3.05, 3.63) is 24.3 Å². The molecule has 0 aromatic heterocycles. The van der Waals surface area contributed by atoms with E-state index >= 15 is 0 Å². The third-order valence-electron chi connectivity index (χ3n) is 3.39. The van der Waals surface area contributed by atoms with Gasteiger partial charge in [0.15, 0.2) is 0 Å². The van der Waals surface area contributed by atoms with Crippen LogP contribution in [-0.2, 0) is 14.8 Å². The molecule has 2 N–H and O–H groups in total. The molecule has 0 fully saturated rings. The highest BCUT2D eigenvalue weighted by Crippen LogP contribution is 2.22. The third-order valence-corrected chi connectivity index (χ3v) is 5.24. The van der Waals surface area contributed by atoms with Crippen LogP contribution in [0.2, 0.25) is 0 Å². The Morgan fingerprint density at radius 3 is 2.38 bits per heavy atom. The van der Waals surface area contributed by atoms with Gasteiger partial charge >= 0.3 is 0 Å². The molecule has 0 saturated carbocycles. The van der Waals surface area contributed by atoms with Crippen molar-refractivity contribution in [3.63, 3.8) is 0 Å². The van der Waals surface area contributed by atoms with Crippen LogP contribution in [0.15, 0.2) is 29.2 Å². The number of carbonyl (C=O) groups is 1. The summed E-state index contributed by atoms with van der Waals surface area (Å²) in [5, 5.41) is 8.83. The molecule has 1 amide bonds. The molecule has 0 bridgehead atoms. The third kappa shape index (κ3) is 4.71. The summed E-state index contributed by atoms with van der Waals surface area (Å²) in [6.45, 7) is 5.30. The molecule has 1 aromatic carbocycles. The van der Waals surface area contributed by atoms with Gasteiger partial charge in [-0.15, -0.1) is 5.92 Å². The van der Waals surface area contributed by atoms with Crippen molar-refractivity contribution in [2.24, 2.45) is 5.92 Å². The molecule has 0 radical (unpaired) electrons. The number of hydrogen-bond donors (Lipinski definition) is 2. The molecule has 0 aliphatic heterocycles. The summed E-state index contributed by atoms with van der Waals surface area (Å²) in [4.78, 5) is 11.8. The normalized spacial score (nSPS) is 12.5. The Bertz CT molecular complexity index is 717. The molecule has 1 rings (SSSR count). The molecule has 1 atom stereocenters. The second kappa shape index (κ2) is 8.68. The number of sulfonamides is 1. The van der Waals surface area contributed by atoms with Gasteiger partial charge in [-0.05, 0) is 37.1 Å². The monoisotopic (exact) mass is 354 g/mol. The lowest BCUT2D eigenvalue weighted by Crippen LogP contribution is -2.49. The second-order valence-electron chi connectivity index (χ2n) is 5.37. The van der Waals surface area contributed by atoms with E-state index in [1.807, 2.05) is 0 Å². The van der Waals surface area contributed by atoms with E-state index in [-0.39, 0.29) is 17.4 Å². The van der Waals surface area contributed by atoms with Crippen molar-refractivity contribution in [2.75, 3.05) is 13.7 Å². The SMILES string of the molecule is CC#CCOc1ccc(S(=O)(=O)N(C)C(C(=O)NO)C(C)C)cc1. The lowest BCUT2D eigenvalue weighted by Gasteiger charge is -2.28. The first-order valence-electron chi connectivity index (χ1n) is 7.30. The quantitative estimate of drug-likeness (QED) is 0.436. The molecule has 0 aliphatic rings. The molecule has 0 spiro atoms. The van der Waals surface area contributed by atoms with Crippen LogP contribution in [0, 0.1) is 17.8 Å². The van der Waals surface area contributed by atoms with Crippen LogP contribution >= 0.6 is 0 Å². The maximum atomic E-state index is 12.7. The smallest absolute Gasteiger partial charge is 0.262 e. The predicted octanol–water partition coefficient (Wildman–Crippen LogP) is 1.24. The number of amides is 1. The molecular weight excluding hydrogens is 332 g/mol. The first-order valence-corrected chi connectivity index (χ1v) is 8.74. The van der Waals surface area contributed by atoms with Gasteiger partial charge in [0.1, 0.15) is 18.4 Å². The molecule has 1 aromatic rings. The zero-order valence-electron chi connectivity index (χ0n) is 14.1. The summed E-state index contributed by atoms with van der Waals surface area (Å²) in [5.74, 6) is 4.81. The zero-order chi connectivity index (χ0) is 18.3. The van der Waals surface area contributed by atoms with E-state index < -0.39 is 22.0 Å². The Morgan fingerprint density at radius 2 is 1.92 bits per heavy atom. The fourth-order valence-electron chi connectivity index (χ4n) is 2.17. The van der Waals surface area contributed by atoms with E-state index in [1.165, 1.54) is 36.8 Å². The molecule has 7 nitrogen and oxygen atoms in total. The van der Waals surface area contributed by atoms with E-state index in [0.717, 1.165) is 4.31 Å². The fraction of sp³-hybridized carbons (Fsp3) is 0.438. The van der Waals surface area contributed by atoms with Crippen LogP contribution in [0.4, 0.5) is 0 Å². The number of nitrogens with zero attached hydrogens (tertiary/aromatic N) is 1. The number of carbonyl (C=O) groups excluding carboxylic acids is 1. The Morgan fingerprint density at radius 1 is 1.33 bits per heavy atom. The Balaban J connectivity index is 3.04. The topological polar surface area (TPSA) is 95.9 Å². The van der Waals surface area contributed by atoms with Crippen molar-refractivity contribution in [1.29, 1.82) is 0 Å². The van der Waals surface area contributed by atoms with Gasteiger partial charge in [-0.25, -0.2) is 13.9 Å². The largest absolute Gasteiger partial charge is 0.481 e. The highest BCUT2D eigenvalue weighted by molar-refractivity contribution is 7.89. The van der Waals surface area contributed by atoms with E-state index in [9.17, 15) is 13.2 Å². The summed E-state index contributed by atoms with van der Waals surface area (Å²) in [5.41, 5.74) is 1.51. The number of nitrogens with one attached hydrogen (secondary N) is 1. The fourth-order valence-corrected chi connectivity index (χ4v) is 3.62. The van der Waals surface area contributed by atoms with Crippen molar-refractivity contribution in [1.82, 2.24) is 9.79 Å². The van der Waals surface area contributed by atoms with Gasteiger partial charge in [0.05, 0.1) is 4.90 Å². The van der Waals surface area contributed by atoms with Crippen LogP contribution in [-0.4, -0.2) is 43.5 Å². The second-order valence-corrected chi connectivity index (χ2v) is 7.37. The van der Waals surface area contributed by atoms with Crippen molar-refractivity contribution in [2.45, 2.75) is 31.7 Å². The minimum Gasteiger partial charge on any atom is -0.481 e. The van der Waals surface area contributed by atoms with Gasteiger partial charge in [-0.1, -0.05) is 19.8 Å². The summed E-state index contributed by atoms with van der Waals surface area (Å²) in [6.07, 6.45) is 0. The molecular formula is C16H22N2O5S. The van der Waals surface area contributed by atoms with Crippen LogP contribution in [0.25, 0.3) is 0 Å². The molecule has 0 aliphatic carbocycles. The summed E-state index contributed by atoms with van der Waals surface area (Å²) in [6, 6.07) is 4.81. The minimum atomic E-state index is -3.90. The van der Waals surface area contributed by atoms with E-state index in [0.29, 0.717) is 5.75 Å². The van der Waals surface area contributed by atoms with Gasteiger partial charge < -0.3 is 4.74 Å². The highest BCUT2D eigenvalue weighted by Gasteiger charge is 2.34. The van der Waals surface area contributed by atoms with Gasteiger partial charge in [-0.3, -0.25) is 10.0 Å². The van der Waals surface area contributed by atoms with E-state index in [4.69, 9.17) is 9.94 Å². The number of rotatable bonds is 7. The number of likely N-dealkylation sites (N-methyl/N-ethyl adjacent to an activating group) is 1. The summed E-state index contributed by atoms with van der Waals surface area (Å²) < 4.78 is 31.6. The van der Waals surface area contributed by atoms with Gasteiger partial charge in [0, 0.05) is 7.05 Å². The number of hydrogen-bond acceptors (Lipinski definition) is 5. The summed E-state index contributed by atoms with van der Waals surface area (Å²) in [7, 11) is -2.60. The standard InChI is InChI=1S/C16H22N2O5S/c1-5-6-11-23-13-7-9-14(10-8-13)24(21,22)18(4)15(12(2)3)16(19)17-20/h7-10,12,15,20H,11H2,1-4H3,(H,17,19). The van der Waals surface area contributed by atoms with Crippen LogP contribution in [0.1, 0.15) is 20.8 Å². The average molecular weight is 354 g/mol. The van der Waals surface area contributed by atoms with Crippen LogP contribution in [0.3, 0.4) is 0 Å². The zero-order valence-corrected chi connectivity index (χ0v) is 14.9. The van der Waals surface area contributed by atoms with Gasteiger partial charge in [0.2, 0.25) is 10.0 Å². The maximum absolute atomic E-state index is 12.7. The average Bonchev–Trinajstić information content (AvgIpc) is 2.55. The minimum absolute atomic E-state index is 0.0234. The molecule has 132 valence electrons. The van der Waals surface area contributed by atoms with Crippen molar-refractivity contribution >= 4 is 15.9 Å². The van der Waals surface area contributed by atoms with Crippen molar-refractivity contribution < 1.29 is 23.2 Å². The molecule has 1 unspecified atom stereocenters. The van der Waals surface area contributed by atoms with Crippen LogP contribution in [0.5, 0.6) is 5.75 Å². The maximum Gasteiger partial charge on any atom is 0.262 e. The van der Waals surface area contributed by atoms with Gasteiger partial charge in [-0.2, -0.15) is 4.31 Å². The van der Waals surface area contributed by atoms with Gasteiger partial charge in [0.25, 0.3) is 5.91 Å². The van der Waals surface area contributed by atoms with E-state index in [2.05, 4.69) is 11.8 Å². The molecule has 0 heterocycles. The van der Waals surface area contributed by atoms with Crippen molar-refractivity contribution in [3.8, 4) is 17.6 Å². The first-order chi connectivity index (χ1) is 11.3. The number of ether oxygens (including phenoxy) is 1. The molecule has 8 heteroatoms. The highest BCUT2D eigenvalue weighted by atomic mass is 32.2. The lowest BCUT2D eigenvalue weighted by atomic mass is 10.0.